The summed E-state index contributed by atoms with van der Waals surface area (Å²) in [5.74, 6) is -0.349. The molecule has 3 N–H and O–H groups in total. The van der Waals surface area contributed by atoms with Crippen LogP contribution in [0.3, 0.4) is 0 Å². The highest BCUT2D eigenvalue weighted by Crippen LogP contribution is 2.07. The standard InChI is InChI=1S/C8H14N2O2/c9-8(12)7-2-1-3-10(6-7)4-5-11/h2,11H,1,3-6H2,(H2,9,12). The van der Waals surface area contributed by atoms with Crippen molar-refractivity contribution in [3.63, 3.8) is 0 Å². The van der Waals surface area contributed by atoms with Gasteiger partial charge in [0, 0.05) is 25.2 Å². The molecule has 0 radical (unpaired) electrons. The van der Waals surface area contributed by atoms with E-state index in [0.717, 1.165) is 13.0 Å². The number of carbonyl (C=O) groups is 1. The number of amides is 1. The number of aliphatic hydroxyl groups is 1. The van der Waals surface area contributed by atoms with E-state index in [4.69, 9.17) is 10.8 Å². The Hall–Kier alpha value is -0.870. The summed E-state index contributed by atoms with van der Waals surface area (Å²) < 4.78 is 0. The molecule has 0 aromatic carbocycles. The Kier molecular flexibility index (Phi) is 3.25. The third-order valence-electron chi connectivity index (χ3n) is 1.96. The lowest BCUT2D eigenvalue weighted by Gasteiger charge is -2.24. The number of rotatable bonds is 3. The van der Waals surface area contributed by atoms with Crippen molar-refractivity contribution in [3.05, 3.63) is 11.6 Å². The number of primary amides is 1. The molecule has 0 saturated carbocycles. The van der Waals surface area contributed by atoms with Crippen LogP contribution in [-0.4, -0.2) is 42.2 Å². The number of hydrogen-bond acceptors (Lipinski definition) is 3. The van der Waals surface area contributed by atoms with Gasteiger partial charge in [0.15, 0.2) is 0 Å². The van der Waals surface area contributed by atoms with Gasteiger partial charge >= 0.3 is 0 Å². The quantitative estimate of drug-likeness (QED) is 0.576. The highest BCUT2D eigenvalue weighted by molar-refractivity contribution is 5.92. The molecular weight excluding hydrogens is 156 g/mol. The van der Waals surface area contributed by atoms with E-state index in [-0.39, 0.29) is 12.5 Å². The lowest BCUT2D eigenvalue weighted by molar-refractivity contribution is -0.114. The zero-order chi connectivity index (χ0) is 8.97. The third kappa shape index (κ3) is 2.32. The second kappa shape index (κ2) is 4.23. The molecule has 1 rings (SSSR count). The minimum Gasteiger partial charge on any atom is -0.395 e. The molecule has 1 aliphatic heterocycles. The molecule has 1 amide bonds. The van der Waals surface area contributed by atoms with Crippen molar-refractivity contribution in [2.75, 3.05) is 26.2 Å². The zero-order valence-corrected chi connectivity index (χ0v) is 6.99. The fourth-order valence-electron chi connectivity index (χ4n) is 1.32. The monoisotopic (exact) mass is 170 g/mol. The summed E-state index contributed by atoms with van der Waals surface area (Å²) in [5, 5.41) is 8.67. The second-order valence-electron chi connectivity index (χ2n) is 2.88. The molecule has 0 spiro atoms. The van der Waals surface area contributed by atoms with Crippen LogP contribution in [0.25, 0.3) is 0 Å². The minimum atomic E-state index is -0.349. The van der Waals surface area contributed by atoms with Crippen molar-refractivity contribution >= 4 is 5.91 Å². The van der Waals surface area contributed by atoms with Crippen molar-refractivity contribution < 1.29 is 9.90 Å². The fourth-order valence-corrected chi connectivity index (χ4v) is 1.32. The van der Waals surface area contributed by atoms with Crippen molar-refractivity contribution in [3.8, 4) is 0 Å². The Bertz CT molecular complexity index is 201. The van der Waals surface area contributed by atoms with Gasteiger partial charge in [0.25, 0.3) is 0 Å². The number of β-amino-alcohol motifs (C(OH)–C–C–N with tert-alkyl or cyclic N) is 1. The number of nitrogens with two attached hydrogens (primary N) is 1. The van der Waals surface area contributed by atoms with Gasteiger partial charge in [-0.2, -0.15) is 0 Å². The van der Waals surface area contributed by atoms with Gasteiger partial charge in [-0.1, -0.05) is 6.08 Å². The molecule has 0 atom stereocenters. The molecule has 0 unspecified atom stereocenters. The van der Waals surface area contributed by atoms with Gasteiger partial charge in [-0.15, -0.1) is 0 Å². The van der Waals surface area contributed by atoms with E-state index >= 15 is 0 Å². The highest BCUT2D eigenvalue weighted by atomic mass is 16.3. The van der Waals surface area contributed by atoms with Gasteiger partial charge in [0.1, 0.15) is 0 Å². The summed E-state index contributed by atoms with van der Waals surface area (Å²) in [7, 11) is 0. The Morgan fingerprint density at radius 2 is 2.50 bits per heavy atom. The van der Waals surface area contributed by atoms with Gasteiger partial charge in [0.2, 0.25) is 5.91 Å². The second-order valence-corrected chi connectivity index (χ2v) is 2.88. The molecule has 0 fully saturated rings. The molecule has 0 saturated heterocycles. The topological polar surface area (TPSA) is 66.6 Å². The van der Waals surface area contributed by atoms with E-state index in [2.05, 4.69) is 0 Å². The molecule has 0 aromatic rings. The van der Waals surface area contributed by atoms with Gasteiger partial charge in [-0.3, -0.25) is 9.69 Å². The van der Waals surface area contributed by atoms with Gasteiger partial charge < -0.3 is 10.8 Å². The van der Waals surface area contributed by atoms with E-state index in [9.17, 15) is 4.79 Å². The molecule has 12 heavy (non-hydrogen) atoms. The van der Waals surface area contributed by atoms with Crippen LogP contribution in [0.4, 0.5) is 0 Å². The maximum Gasteiger partial charge on any atom is 0.245 e. The molecule has 4 heteroatoms. The summed E-state index contributed by atoms with van der Waals surface area (Å²) in [6.45, 7) is 2.23. The van der Waals surface area contributed by atoms with Crippen molar-refractivity contribution in [1.82, 2.24) is 4.90 Å². The first kappa shape index (κ1) is 9.22. The molecule has 0 aliphatic carbocycles. The van der Waals surface area contributed by atoms with Gasteiger partial charge in [-0.25, -0.2) is 0 Å². The molecule has 0 aromatic heterocycles. The summed E-state index contributed by atoms with van der Waals surface area (Å²) in [6, 6.07) is 0. The van der Waals surface area contributed by atoms with Crippen molar-refractivity contribution in [1.29, 1.82) is 0 Å². The minimum absolute atomic E-state index is 0.131. The summed E-state index contributed by atoms with van der Waals surface area (Å²) in [6.07, 6.45) is 2.72. The van der Waals surface area contributed by atoms with Crippen molar-refractivity contribution in [2.45, 2.75) is 6.42 Å². The van der Waals surface area contributed by atoms with Crippen LogP contribution in [0.2, 0.25) is 0 Å². The predicted octanol–water partition coefficient (Wildman–Crippen LogP) is -0.904. The van der Waals surface area contributed by atoms with E-state index in [1.54, 1.807) is 0 Å². The van der Waals surface area contributed by atoms with Gasteiger partial charge in [-0.05, 0) is 6.42 Å². The summed E-state index contributed by atoms with van der Waals surface area (Å²) >= 11 is 0. The number of hydrogen-bond donors (Lipinski definition) is 2. The third-order valence-corrected chi connectivity index (χ3v) is 1.96. The molecule has 1 heterocycles. The SMILES string of the molecule is NC(=O)C1=CCCN(CCO)C1. The lowest BCUT2D eigenvalue weighted by atomic mass is 10.1. The lowest BCUT2D eigenvalue weighted by Crippen LogP contribution is -2.35. The smallest absolute Gasteiger partial charge is 0.245 e. The predicted molar refractivity (Wildman–Crippen MR) is 45.4 cm³/mol. The summed E-state index contributed by atoms with van der Waals surface area (Å²) in [4.78, 5) is 12.8. The Labute approximate surface area is 71.7 Å². The molecular formula is C8H14N2O2. The Morgan fingerprint density at radius 3 is 3.08 bits per heavy atom. The molecule has 4 nitrogen and oxygen atoms in total. The van der Waals surface area contributed by atoms with Gasteiger partial charge in [0.05, 0.1) is 6.61 Å². The molecule has 0 bridgehead atoms. The highest BCUT2D eigenvalue weighted by Gasteiger charge is 2.14. The summed E-state index contributed by atoms with van der Waals surface area (Å²) in [5.41, 5.74) is 5.79. The van der Waals surface area contributed by atoms with Crippen LogP contribution in [0.5, 0.6) is 0 Å². The van der Waals surface area contributed by atoms with Crippen molar-refractivity contribution in [2.24, 2.45) is 5.73 Å². The fraction of sp³-hybridized carbons (Fsp3) is 0.625. The van der Waals surface area contributed by atoms with Crippen LogP contribution >= 0.6 is 0 Å². The zero-order valence-electron chi connectivity index (χ0n) is 6.99. The first-order valence-corrected chi connectivity index (χ1v) is 4.06. The van der Waals surface area contributed by atoms with E-state index in [1.165, 1.54) is 0 Å². The van der Waals surface area contributed by atoms with E-state index in [0.29, 0.717) is 18.7 Å². The Balaban J connectivity index is 2.47. The van der Waals surface area contributed by atoms with Crippen LogP contribution in [0, 0.1) is 0 Å². The van der Waals surface area contributed by atoms with Crippen LogP contribution in [-0.2, 0) is 4.79 Å². The normalized spacial score (nSPS) is 18.9. The average molecular weight is 170 g/mol. The first-order valence-electron chi connectivity index (χ1n) is 4.06. The van der Waals surface area contributed by atoms with E-state index < -0.39 is 0 Å². The maximum atomic E-state index is 10.8. The molecule has 68 valence electrons. The average Bonchev–Trinajstić information content (AvgIpc) is 2.05. The number of nitrogens with zero attached hydrogens (tertiary/aromatic N) is 1. The van der Waals surface area contributed by atoms with Crippen LogP contribution < -0.4 is 5.73 Å². The largest absolute Gasteiger partial charge is 0.395 e. The number of carbonyl (C=O) groups excluding carboxylic acids is 1. The first-order chi connectivity index (χ1) is 5.74. The van der Waals surface area contributed by atoms with E-state index in [1.807, 2.05) is 11.0 Å². The van der Waals surface area contributed by atoms with Crippen LogP contribution in [0.1, 0.15) is 6.42 Å². The Morgan fingerprint density at radius 1 is 1.75 bits per heavy atom. The maximum absolute atomic E-state index is 10.8. The van der Waals surface area contributed by atoms with Crippen LogP contribution in [0.15, 0.2) is 11.6 Å². The molecule has 1 aliphatic rings. The number of aliphatic hydroxyl groups excluding tert-OH is 1.